The van der Waals surface area contributed by atoms with Crippen LogP contribution in [0.4, 0.5) is 13.2 Å². The van der Waals surface area contributed by atoms with Crippen molar-refractivity contribution in [2.24, 2.45) is 4.99 Å². The van der Waals surface area contributed by atoms with E-state index >= 15 is 0 Å². The number of rotatable bonds is 9. The largest absolute Gasteiger partial charge is 0.411 e. The van der Waals surface area contributed by atoms with Crippen molar-refractivity contribution in [2.75, 3.05) is 40.0 Å². The third kappa shape index (κ3) is 11.5. The Morgan fingerprint density at radius 3 is 2.33 bits per heavy atom. The van der Waals surface area contributed by atoms with Gasteiger partial charge in [0.05, 0.1) is 12.7 Å². The number of alkyl halides is 3. The summed E-state index contributed by atoms with van der Waals surface area (Å²) in [6, 6.07) is 0. The lowest BCUT2D eigenvalue weighted by atomic mass is 10.1. The average Bonchev–Trinajstić information content (AvgIpc) is 2.80. The van der Waals surface area contributed by atoms with E-state index in [4.69, 9.17) is 4.74 Å². The summed E-state index contributed by atoms with van der Waals surface area (Å²) < 4.78 is 46.1. The fraction of sp³-hybridized carbons (Fsp3) is 0.938. The van der Waals surface area contributed by atoms with Gasteiger partial charge in [0.15, 0.2) is 5.96 Å². The molecule has 1 saturated carbocycles. The summed E-state index contributed by atoms with van der Waals surface area (Å²) in [5.41, 5.74) is 0. The molecule has 8 heteroatoms. The Morgan fingerprint density at radius 1 is 1.04 bits per heavy atom. The van der Waals surface area contributed by atoms with Gasteiger partial charge in [-0.3, -0.25) is 4.99 Å². The molecule has 0 aromatic carbocycles. The molecule has 0 bridgehead atoms. The van der Waals surface area contributed by atoms with Crippen LogP contribution in [0.15, 0.2) is 4.99 Å². The third-order valence-electron chi connectivity index (χ3n) is 3.80. The highest BCUT2D eigenvalue weighted by atomic mass is 19.4. The van der Waals surface area contributed by atoms with E-state index < -0.39 is 12.8 Å². The minimum atomic E-state index is -4.26. The second kappa shape index (κ2) is 12.4. The van der Waals surface area contributed by atoms with Gasteiger partial charge in [-0.05, 0) is 19.3 Å². The zero-order valence-corrected chi connectivity index (χ0v) is 14.5. The van der Waals surface area contributed by atoms with E-state index in [2.05, 4.69) is 20.4 Å². The van der Waals surface area contributed by atoms with Crippen molar-refractivity contribution < 1.29 is 22.6 Å². The normalized spacial score (nSPS) is 17.6. The highest BCUT2D eigenvalue weighted by Gasteiger charge is 2.27. The van der Waals surface area contributed by atoms with E-state index in [1.54, 1.807) is 7.05 Å². The molecule has 142 valence electrons. The lowest BCUT2D eigenvalue weighted by Crippen LogP contribution is -2.40. The maximum atomic E-state index is 11.9. The summed E-state index contributed by atoms with van der Waals surface area (Å²) in [5.74, 6) is 0.621. The number of hydrogen-bond donors (Lipinski definition) is 2. The maximum Gasteiger partial charge on any atom is 0.411 e. The molecule has 1 aliphatic carbocycles. The predicted molar refractivity (Wildman–Crippen MR) is 88.3 cm³/mol. The first-order valence-corrected chi connectivity index (χ1v) is 8.72. The van der Waals surface area contributed by atoms with Gasteiger partial charge in [-0.15, -0.1) is 0 Å². The molecule has 0 heterocycles. The van der Waals surface area contributed by atoms with Crippen molar-refractivity contribution in [3.8, 4) is 0 Å². The minimum absolute atomic E-state index is 0.0638. The molecule has 24 heavy (non-hydrogen) atoms. The van der Waals surface area contributed by atoms with Crippen molar-refractivity contribution in [1.29, 1.82) is 0 Å². The Labute approximate surface area is 142 Å². The highest BCUT2D eigenvalue weighted by molar-refractivity contribution is 5.79. The Morgan fingerprint density at radius 2 is 1.71 bits per heavy atom. The molecular weight excluding hydrogens is 323 g/mol. The molecule has 5 nitrogen and oxygen atoms in total. The fourth-order valence-electron chi connectivity index (χ4n) is 2.59. The van der Waals surface area contributed by atoms with Crippen LogP contribution in [-0.4, -0.2) is 58.2 Å². The molecule has 0 spiro atoms. The van der Waals surface area contributed by atoms with E-state index in [1.807, 2.05) is 0 Å². The zero-order valence-electron chi connectivity index (χ0n) is 14.5. The van der Waals surface area contributed by atoms with Crippen molar-refractivity contribution in [3.63, 3.8) is 0 Å². The molecule has 0 unspecified atom stereocenters. The molecule has 1 aliphatic rings. The van der Waals surface area contributed by atoms with Crippen LogP contribution < -0.4 is 10.6 Å². The number of nitrogens with zero attached hydrogens (tertiary/aromatic N) is 1. The van der Waals surface area contributed by atoms with Gasteiger partial charge in [0.2, 0.25) is 0 Å². The van der Waals surface area contributed by atoms with Crippen LogP contribution in [0, 0.1) is 0 Å². The molecule has 0 atom stereocenters. The van der Waals surface area contributed by atoms with Crippen molar-refractivity contribution in [2.45, 2.75) is 57.2 Å². The SMILES string of the molecule is CN=C(NCCCOCC(F)(F)F)NCCOC1CCCCCC1. The van der Waals surface area contributed by atoms with Crippen molar-refractivity contribution in [1.82, 2.24) is 10.6 Å². The average molecular weight is 353 g/mol. The highest BCUT2D eigenvalue weighted by Crippen LogP contribution is 2.19. The number of hydrogen-bond acceptors (Lipinski definition) is 3. The molecule has 0 amide bonds. The van der Waals surface area contributed by atoms with Gasteiger partial charge in [0.25, 0.3) is 0 Å². The topological polar surface area (TPSA) is 54.9 Å². The summed E-state index contributed by atoms with van der Waals surface area (Å²) in [7, 11) is 1.65. The smallest absolute Gasteiger partial charge is 0.376 e. The second-order valence-electron chi connectivity index (χ2n) is 5.93. The first-order valence-electron chi connectivity index (χ1n) is 8.72. The summed E-state index contributed by atoms with van der Waals surface area (Å²) in [4.78, 5) is 4.06. The number of nitrogens with one attached hydrogen (secondary N) is 2. The molecule has 2 N–H and O–H groups in total. The van der Waals surface area contributed by atoms with Gasteiger partial charge in [-0.25, -0.2) is 0 Å². The maximum absolute atomic E-state index is 11.9. The molecular formula is C16H30F3N3O2. The monoisotopic (exact) mass is 353 g/mol. The number of aliphatic imine (C=N–C) groups is 1. The van der Waals surface area contributed by atoms with Gasteiger partial charge in [-0.1, -0.05) is 25.7 Å². The number of guanidine groups is 1. The molecule has 0 aliphatic heterocycles. The van der Waals surface area contributed by atoms with Crippen LogP contribution >= 0.6 is 0 Å². The Hall–Kier alpha value is -1.02. The summed E-state index contributed by atoms with van der Waals surface area (Å²) in [6.45, 7) is 0.647. The first kappa shape index (κ1) is 21.0. The molecule has 0 aromatic rings. The first-order chi connectivity index (χ1) is 11.5. The van der Waals surface area contributed by atoms with E-state index in [1.165, 1.54) is 25.7 Å². The van der Waals surface area contributed by atoms with Gasteiger partial charge in [-0.2, -0.15) is 13.2 Å². The summed E-state index contributed by atoms with van der Waals surface area (Å²) in [5, 5.41) is 6.17. The van der Waals surface area contributed by atoms with Crippen molar-refractivity contribution in [3.05, 3.63) is 0 Å². The quantitative estimate of drug-likeness (QED) is 0.290. The Bertz CT molecular complexity index is 344. The van der Waals surface area contributed by atoms with Crippen LogP contribution in [0.25, 0.3) is 0 Å². The molecule has 0 saturated heterocycles. The fourth-order valence-corrected chi connectivity index (χ4v) is 2.59. The van der Waals surface area contributed by atoms with Gasteiger partial charge in [0, 0.05) is 26.7 Å². The minimum Gasteiger partial charge on any atom is -0.376 e. The third-order valence-corrected chi connectivity index (χ3v) is 3.80. The molecule has 0 aromatic heterocycles. The van der Waals surface area contributed by atoms with Crippen LogP contribution in [0.2, 0.25) is 0 Å². The zero-order chi connectivity index (χ0) is 17.7. The van der Waals surface area contributed by atoms with E-state index in [0.717, 1.165) is 12.8 Å². The van der Waals surface area contributed by atoms with Gasteiger partial charge in [0.1, 0.15) is 6.61 Å². The predicted octanol–water partition coefficient (Wildman–Crippen LogP) is 2.86. The van der Waals surface area contributed by atoms with Gasteiger partial charge >= 0.3 is 6.18 Å². The molecule has 1 rings (SSSR count). The summed E-state index contributed by atoms with van der Waals surface area (Å²) in [6.07, 6.45) is 3.99. The molecule has 0 radical (unpaired) electrons. The molecule has 1 fully saturated rings. The van der Waals surface area contributed by atoms with Crippen LogP contribution in [0.3, 0.4) is 0 Å². The Kier molecular flexibility index (Phi) is 10.8. The number of halogens is 3. The summed E-state index contributed by atoms with van der Waals surface area (Å²) >= 11 is 0. The standard InChI is InChI=1S/C16H30F3N3O2/c1-20-15(21-9-6-11-23-13-16(17,18)19)22-10-12-24-14-7-4-2-3-5-8-14/h14H,2-13H2,1H3,(H2,20,21,22). The van der Waals surface area contributed by atoms with Crippen LogP contribution in [0.1, 0.15) is 44.9 Å². The lowest BCUT2D eigenvalue weighted by Gasteiger charge is -2.16. The van der Waals surface area contributed by atoms with Crippen molar-refractivity contribution >= 4 is 5.96 Å². The van der Waals surface area contributed by atoms with E-state index in [-0.39, 0.29) is 6.61 Å². The lowest BCUT2D eigenvalue weighted by molar-refractivity contribution is -0.173. The van der Waals surface area contributed by atoms with Crippen LogP contribution in [-0.2, 0) is 9.47 Å². The van der Waals surface area contributed by atoms with E-state index in [9.17, 15) is 13.2 Å². The Balaban J connectivity index is 2.00. The van der Waals surface area contributed by atoms with E-state index in [0.29, 0.717) is 38.2 Å². The number of ether oxygens (including phenoxy) is 2. The second-order valence-corrected chi connectivity index (χ2v) is 5.93. The van der Waals surface area contributed by atoms with Crippen LogP contribution in [0.5, 0.6) is 0 Å². The van der Waals surface area contributed by atoms with Gasteiger partial charge < -0.3 is 20.1 Å².